The second kappa shape index (κ2) is 5.91. The van der Waals surface area contributed by atoms with Crippen molar-refractivity contribution in [3.63, 3.8) is 0 Å². The maximum Gasteiger partial charge on any atom is 0.223 e. The molecule has 3 atom stereocenters. The molecule has 2 aliphatic rings. The fraction of sp³-hybridized carbons (Fsp3) is 0.500. The number of rotatable bonds is 3. The molecule has 0 aliphatic heterocycles. The monoisotopic (exact) mass is 283 g/mol. The number of benzene rings is 1. The Labute approximate surface area is 125 Å². The molecule has 0 bridgehead atoms. The second-order valence-corrected chi connectivity index (χ2v) is 6.24. The molecule has 2 N–H and O–H groups in total. The van der Waals surface area contributed by atoms with E-state index in [9.17, 15) is 4.79 Å². The van der Waals surface area contributed by atoms with Gasteiger partial charge in [-0.3, -0.25) is 4.79 Å². The molecule has 2 saturated carbocycles. The van der Waals surface area contributed by atoms with E-state index in [0.29, 0.717) is 0 Å². The molecule has 3 nitrogen and oxygen atoms in total. The molecular formula is C18H21NO2. The van der Waals surface area contributed by atoms with E-state index in [0.717, 1.165) is 35.8 Å². The quantitative estimate of drug-likeness (QED) is 0.836. The van der Waals surface area contributed by atoms with Crippen LogP contribution in [-0.4, -0.2) is 17.6 Å². The Morgan fingerprint density at radius 1 is 1.29 bits per heavy atom. The first-order valence-corrected chi connectivity index (χ1v) is 7.67. The van der Waals surface area contributed by atoms with Crippen LogP contribution in [0.1, 0.15) is 43.4 Å². The summed E-state index contributed by atoms with van der Waals surface area (Å²) >= 11 is 0. The van der Waals surface area contributed by atoms with Crippen molar-refractivity contribution < 1.29 is 9.90 Å². The highest BCUT2D eigenvalue weighted by molar-refractivity contribution is 5.79. The summed E-state index contributed by atoms with van der Waals surface area (Å²) in [5, 5.41) is 11.8. The van der Waals surface area contributed by atoms with E-state index in [2.05, 4.69) is 17.2 Å². The molecule has 0 radical (unpaired) electrons. The normalized spacial score (nSPS) is 27.2. The Bertz CT molecular complexity index is 571. The topological polar surface area (TPSA) is 49.3 Å². The summed E-state index contributed by atoms with van der Waals surface area (Å²) in [5.74, 6) is 7.60. The first kappa shape index (κ1) is 14.2. The highest BCUT2D eigenvalue weighted by atomic mass is 16.2. The standard InChI is InChI=1S/C18H21NO2/c1-12(14-6-4-13(5-7-14)3-2-8-20)19-18(21)17-10-15-9-16(15)11-17/h4-7,12,15-17,20H,8-11H2,1H3,(H,19,21). The van der Waals surface area contributed by atoms with Gasteiger partial charge in [-0.15, -0.1) is 0 Å². The average molecular weight is 283 g/mol. The lowest BCUT2D eigenvalue weighted by Crippen LogP contribution is -2.32. The van der Waals surface area contributed by atoms with Gasteiger partial charge in [0.05, 0.1) is 6.04 Å². The van der Waals surface area contributed by atoms with Crippen molar-refractivity contribution in [1.29, 1.82) is 0 Å². The van der Waals surface area contributed by atoms with Gasteiger partial charge in [0.1, 0.15) is 6.61 Å². The number of carbonyl (C=O) groups excluding carboxylic acids is 1. The number of carbonyl (C=O) groups is 1. The first-order chi connectivity index (χ1) is 10.2. The molecule has 0 spiro atoms. The predicted molar refractivity (Wildman–Crippen MR) is 81.3 cm³/mol. The van der Waals surface area contributed by atoms with Gasteiger partial charge in [0, 0.05) is 11.5 Å². The lowest BCUT2D eigenvalue weighted by molar-refractivity contribution is -0.125. The van der Waals surface area contributed by atoms with E-state index in [4.69, 9.17) is 5.11 Å². The Hall–Kier alpha value is -1.79. The SMILES string of the molecule is CC(NC(=O)C1CC2CC2C1)c1ccc(C#CCO)cc1. The number of hydrogen-bond acceptors (Lipinski definition) is 2. The highest BCUT2D eigenvalue weighted by Crippen LogP contribution is 2.54. The molecule has 2 fully saturated rings. The number of aliphatic hydroxyl groups is 1. The predicted octanol–water partition coefficient (Wildman–Crippen LogP) is 2.25. The van der Waals surface area contributed by atoms with E-state index in [1.807, 2.05) is 31.2 Å². The van der Waals surface area contributed by atoms with Crippen LogP contribution in [0.4, 0.5) is 0 Å². The Kier molecular flexibility index (Phi) is 3.98. The third kappa shape index (κ3) is 3.28. The number of aliphatic hydroxyl groups excluding tert-OH is 1. The summed E-state index contributed by atoms with van der Waals surface area (Å²) in [6, 6.07) is 7.84. The number of nitrogens with one attached hydrogen (secondary N) is 1. The van der Waals surface area contributed by atoms with Crippen molar-refractivity contribution in [1.82, 2.24) is 5.32 Å². The molecular weight excluding hydrogens is 262 g/mol. The van der Waals surface area contributed by atoms with Gasteiger partial charge in [0.2, 0.25) is 5.91 Å². The summed E-state index contributed by atoms with van der Waals surface area (Å²) in [6.45, 7) is 1.89. The molecule has 1 aromatic rings. The van der Waals surface area contributed by atoms with Crippen LogP contribution in [-0.2, 0) is 4.79 Å². The van der Waals surface area contributed by atoms with E-state index in [1.54, 1.807) is 0 Å². The van der Waals surface area contributed by atoms with Crippen LogP contribution in [0.3, 0.4) is 0 Å². The maximum absolute atomic E-state index is 12.2. The summed E-state index contributed by atoms with van der Waals surface area (Å²) < 4.78 is 0. The van der Waals surface area contributed by atoms with E-state index in [1.165, 1.54) is 6.42 Å². The smallest absolute Gasteiger partial charge is 0.223 e. The molecule has 1 aromatic carbocycles. The van der Waals surface area contributed by atoms with Gasteiger partial charge < -0.3 is 10.4 Å². The Balaban J connectivity index is 1.57. The van der Waals surface area contributed by atoms with Crippen molar-refractivity contribution in [3.05, 3.63) is 35.4 Å². The highest BCUT2D eigenvalue weighted by Gasteiger charge is 2.48. The molecule has 2 aliphatic carbocycles. The van der Waals surface area contributed by atoms with E-state index in [-0.39, 0.29) is 24.5 Å². The van der Waals surface area contributed by atoms with Crippen molar-refractivity contribution in [2.75, 3.05) is 6.61 Å². The fourth-order valence-electron chi connectivity index (χ4n) is 3.34. The number of fused-ring (bicyclic) bond motifs is 1. The third-order valence-corrected chi connectivity index (χ3v) is 4.70. The molecule has 0 saturated heterocycles. The minimum atomic E-state index is -0.127. The largest absolute Gasteiger partial charge is 0.384 e. The Morgan fingerprint density at radius 3 is 2.57 bits per heavy atom. The van der Waals surface area contributed by atoms with E-state index >= 15 is 0 Å². The maximum atomic E-state index is 12.2. The van der Waals surface area contributed by atoms with Crippen molar-refractivity contribution in [2.24, 2.45) is 17.8 Å². The van der Waals surface area contributed by atoms with Crippen LogP contribution in [0.15, 0.2) is 24.3 Å². The number of amides is 1. The van der Waals surface area contributed by atoms with Crippen LogP contribution in [0.25, 0.3) is 0 Å². The van der Waals surface area contributed by atoms with Gasteiger partial charge in [-0.2, -0.15) is 0 Å². The van der Waals surface area contributed by atoms with Crippen LogP contribution < -0.4 is 5.32 Å². The molecule has 21 heavy (non-hydrogen) atoms. The van der Waals surface area contributed by atoms with Gasteiger partial charge in [0.15, 0.2) is 0 Å². The van der Waals surface area contributed by atoms with Crippen molar-refractivity contribution >= 4 is 5.91 Å². The molecule has 1 amide bonds. The van der Waals surface area contributed by atoms with Gasteiger partial charge in [-0.05, 0) is 55.7 Å². The van der Waals surface area contributed by atoms with Crippen LogP contribution >= 0.6 is 0 Å². The average Bonchev–Trinajstić information content (AvgIpc) is 3.11. The summed E-state index contributed by atoms with van der Waals surface area (Å²) in [6.07, 6.45) is 3.51. The zero-order valence-corrected chi connectivity index (χ0v) is 12.3. The van der Waals surface area contributed by atoms with Crippen LogP contribution in [0, 0.1) is 29.6 Å². The molecule has 3 heteroatoms. The summed E-state index contributed by atoms with van der Waals surface area (Å²) in [4.78, 5) is 12.2. The minimum absolute atomic E-state index is 0.0225. The molecule has 110 valence electrons. The minimum Gasteiger partial charge on any atom is -0.384 e. The summed E-state index contributed by atoms with van der Waals surface area (Å²) in [5.41, 5.74) is 1.96. The lowest BCUT2D eigenvalue weighted by atomic mass is 10.0. The molecule has 3 unspecified atom stereocenters. The van der Waals surface area contributed by atoms with Gasteiger partial charge in [-0.25, -0.2) is 0 Å². The fourth-order valence-corrected chi connectivity index (χ4v) is 3.34. The van der Waals surface area contributed by atoms with Crippen molar-refractivity contribution in [2.45, 2.75) is 32.2 Å². The Morgan fingerprint density at radius 2 is 1.95 bits per heavy atom. The third-order valence-electron chi connectivity index (χ3n) is 4.70. The first-order valence-electron chi connectivity index (χ1n) is 7.67. The van der Waals surface area contributed by atoms with E-state index < -0.39 is 0 Å². The molecule has 0 heterocycles. The van der Waals surface area contributed by atoms with Gasteiger partial charge >= 0.3 is 0 Å². The zero-order chi connectivity index (χ0) is 14.8. The summed E-state index contributed by atoms with van der Waals surface area (Å²) in [7, 11) is 0. The second-order valence-electron chi connectivity index (χ2n) is 6.24. The van der Waals surface area contributed by atoms with Crippen LogP contribution in [0.2, 0.25) is 0 Å². The number of hydrogen-bond donors (Lipinski definition) is 2. The lowest BCUT2D eigenvalue weighted by Gasteiger charge is -2.18. The zero-order valence-electron chi connectivity index (χ0n) is 12.3. The van der Waals surface area contributed by atoms with Crippen LogP contribution in [0.5, 0.6) is 0 Å². The van der Waals surface area contributed by atoms with Gasteiger partial charge in [0.25, 0.3) is 0 Å². The molecule has 3 rings (SSSR count). The van der Waals surface area contributed by atoms with Crippen molar-refractivity contribution in [3.8, 4) is 11.8 Å². The molecule has 0 aromatic heterocycles. The van der Waals surface area contributed by atoms with Gasteiger partial charge in [-0.1, -0.05) is 24.0 Å².